The fourth-order valence-corrected chi connectivity index (χ4v) is 15.9. The monoisotopic (exact) mass is 1760 g/mol. The van der Waals surface area contributed by atoms with Crippen LogP contribution in [0.3, 0.4) is 0 Å². The first-order valence-electron chi connectivity index (χ1n) is 44.5. The zero-order valence-electron chi connectivity index (χ0n) is 75.6. The number of piperidine rings is 1. The summed E-state index contributed by atoms with van der Waals surface area (Å²) in [5.74, 6) is -7.29. The minimum Gasteiger partial charge on any atom is -0.460 e. The van der Waals surface area contributed by atoms with Crippen molar-refractivity contribution < 1.29 is 115 Å². The number of nitrogens with zero attached hydrogens (tertiary/aromatic N) is 7. The van der Waals surface area contributed by atoms with Crippen molar-refractivity contribution in [2.75, 3.05) is 165 Å². The summed E-state index contributed by atoms with van der Waals surface area (Å²) in [6, 6.07) is 4.48. The van der Waals surface area contributed by atoms with E-state index in [9.17, 15) is 44.4 Å². The van der Waals surface area contributed by atoms with Crippen molar-refractivity contribution in [3.8, 4) is 11.3 Å². The summed E-state index contributed by atoms with van der Waals surface area (Å²) in [7, 11) is 4.61. The number of oxime groups is 1. The van der Waals surface area contributed by atoms with Gasteiger partial charge in [0, 0.05) is 103 Å². The van der Waals surface area contributed by atoms with Gasteiger partial charge in [0.1, 0.15) is 47.7 Å². The molecule has 702 valence electrons. The first kappa shape index (κ1) is 104. The number of hydrogen-bond donors (Lipinski definition) is 8. The summed E-state index contributed by atoms with van der Waals surface area (Å²) >= 11 is 0. The molecule has 3 amide bonds. The Labute approximate surface area is 736 Å². The van der Waals surface area contributed by atoms with E-state index in [1.54, 1.807) is 47.1 Å². The number of unbranched alkanes of at least 4 members (excludes halogenated alkanes) is 1. The number of rotatable bonds is 41. The summed E-state index contributed by atoms with van der Waals surface area (Å²) in [5, 5.41) is 62.4. The second-order valence-electron chi connectivity index (χ2n) is 32.7. The van der Waals surface area contributed by atoms with Gasteiger partial charge in [0.05, 0.1) is 134 Å². The van der Waals surface area contributed by atoms with Crippen molar-refractivity contribution in [1.82, 2.24) is 40.3 Å². The minimum atomic E-state index is -2.44. The Bertz CT molecular complexity index is 4030. The zero-order valence-corrected chi connectivity index (χ0v) is 75.6. The number of benzene rings is 1. The molecule has 1 aromatic carbocycles. The average molecular weight is 1760 g/mol. The van der Waals surface area contributed by atoms with Crippen LogP contribution in [0, 0.1) is 35.5 Å². The van der Waals surface area contributed by atoms with Crippen LogP contribution in [-0.4, -0.2) is 299 Å². The normalized spacial score (nSPS) is 27.4. The lowest BCUT2D eigenvalue weighted by Gasteiger charge is -2.43. The number of cyclic esters (lactones) is 1. The van der Waals surface area contributed by atoms with Crippen molar-refractivity contribution in [3.63, 3.8) is 0 Å². The SMILES string of the molecule is CCOCCOCCOCCNC(=O)CON=C1[C@H](C)C[C@H](C)/C=C/C=C/C=C(\C)[C@@H](OC)C[C@@H]2CC[C@@H](C)[C@@](O)(O2)C(=O)C(=O)N2CCCC[C@H]2C(=O)O[C@H]([C@H](C)C[C@@H]2CC[C@@H](O)[C@H](OC)C2)C[C@@H](O)[C@H](C)/C=C(\C)[C@@H](O)[C@H]1OC.CCOCCOCCOCCOCCOCCC(=O)NCCCCn1nc(-c2ccc3oc(N)nc3c2)c2c(N)ncnc21. The first-order valence-corrected chi connectivity index (χ1v) is 44.5. The molecule has 1 aliphatic carbocycles. The number of nitrogens with two attached hydrogens (primary N) is 2. The van der Waals surface area contributed by atoms with Crippen LogP contribution in [0.4, 0.5) is 11.8 Å². The number of aromatic nitrogens is 5. The molecule has 4 aromatic rings. The molecule has 3 fully saturated rings. The molecule has 125 heavy (non-hydrogen) atoms. The van der Waals surface area contributed by atoms with Crippen molar-refractivity contribution in [1.29, 1.82) is 0 Å². The van der Waals surface area contributed by atoms with Crippen LogP contribution in [0.15, 0.2) is 81.7 Å². The van der Waals surface area contributed by atoms with E-state index in [4.69, 9.17) is 87.4 Å². The van der Waals surface area contributed by atoms with Gasteiger partial charge in [-0.15, -0.1) is 0 Å². The van der Waals surface area contributed by atoms with E-state index in [1.807, 2.05) is 81.8 Å². The van der Waals surface area contributed by atoms with Gasteiger partial charge in [-0.2, -0.15) is 10.1 Å². The van der Waals surface area contributed by atoms with Crippen molar-refractivity contribution in [3.05, 3.63) is 72.1 Å². The highest BCUT2D eigenvalue weighted by atomic mass is 16.6. The summed E-state index contributed by atoms with van der Waals surface area (Å²) in [6.07, 6.45) is 14.0. The topological polar surface area (TPSA) is 457 Å². The molecule has 0 radical (unpaired) electrons. The number of fused-ring (bicyclic) bond motifs is 5. The standard InChI is InChI=1S/C61H101N3O17.C29H42N8O7/c1-12-76-28-29-78-31-30-77-27-25-62-54(67)38-79-63-55-43(6)32-39(2)18-14-13-15-19-40(3)51(73-9)36-47-23-21-45(8)61(72,81-47)58(69)59(70)64-26-17-16-20-48(64)60(71)80-52(42(5)34-46-22-24-49(65)53(35-46)74-10)37-50(66)41(4)33-44(7)56(68)57(55)75-11;1-2-39-11-12-41-15-16-43-18-17-42-14-13-40-10-7-24(38)32-8-3-4-9-37-28-25(27(30)33-20-34-28)26(36-37)21-5-6-23-22(19-21)35-29(31)44-23/h13-15,18-19,33,39,41-43,45-53,56-57,65-66,68,72H,12,16-17,20-32,34-38H2,1-11H3,(H,62,67);5-6,19-20H,2-4,7-18H2,1H3,(H2,31,35)(H,32,38)(H2,30,33,34)/b15-13+,18-14+,40-19+,44-33+,63-55?;/t39-,41-,42-,43-,45-,46+,47+,48+,49-,50-,51+,52+,53-,56-,57+,61-;/m1./s1. The van der Waals surface area contributed by atoms with Gasteiger partial charge >= 0.3 is 5.97 Å². The van der Waals surface area contributed by atoms with Crippen molar-refractivity contribution >= 4 is 69.2 Å². The molecule has 35 nitrogen and oxygen atoms in total. The first-order chi connectivity index (χ1) is 60.2. The number of carbonyl (C=O) groups excluding carboxylic acids is 5. The Morgan fingerprint density at radius 2 is 1.38 bits per heavy atom. The largest absolute Gasteiger partial charge is 0.460 e. The van der Waals surface area contributed by atoms with Gasteiger partial charge < -0.3 is 118 Å². The predicted octanol–water partition coefficient (Wildman–Crippen LogP) is 8.15. The number of allylic oxidation sites excluding steroid dienone is 5. The number of aliphatic hydroxyl groups excluding tert-OH is 3. The molecule has 3 aromatic heterocycles. The van der Waals surface area contributed by atoms with Crippen LogP contribution in [-0.2, 0) is 96.9 Å². The van der Waals surface area contributed by atoms with Crippen molar-refractivity contribution in [2.45, 2.75) is 226 Å². The fourth-order valence-electron chi connectivity index (χ4n) is 15.9. The lowest BCUT2D eigenvalue weighted by Crippen LogP contribution is -2.61. The maximum Gasteiger partial charge on any atom is 0.329 e. The van der Waals surface area contributed by atoms with Gasteiger partial charge in [0.25, 0.3) is 23.6 Å². The molecule has 6 heterocycles. The number of aryl methyl sites for hydroxylation is 1. The van der Waals surface area contributed by atoms with Gasteiger partial charge in [-0.1, -0.05) is 76.2 Å². The third-order valence-corrected chi connectivity index (χ3v) is 23.1. The number of ether oxygens (including phenoxy) is 13. The minimum absolute atomic E-state index is 0.00185. The summed E-state index contributed by atoms with van der Waals surface area (Å²) < 4.78 is 80.5. The van der Waals surface area contributed by atoms with Gasteiger partial charge in [-0.25, -0.2) is 19.4 Å². The molecule has 1 saturated carbocycles. The number of anilines is 2. The lowest BCUT2D eigenvalue weighted by molar-refractivity contribution is -0.265. The highest BCUT2D eigenvalue weighted by molar-refractivity contribution is 6.39. The van der Waals surface area contributed by atoms with E-state index in [0.717, 1.165) is 30.4 Å². The summed E-state index contributed by atoms with van der Waals surface area (Å²) in [4.78, 5) is 88.1. The number of nitrogens with one attached hydrogen (secondary N) is 2. The number of aliphatic hydroxyl groups is 4. The number of hydrogen-bond acceptors (Lipinski definition) is 31. The maximum absolute atomic E-state index is 14.6. The Balaban J connectivity index is 0.000000408. The quantitative estimate of drug-likeness (QED) is 0.00682. The molecule has 8 rings (SSSR count). The molecule has 0 unspecified atom stereocenters. The van der Waals surface area contributed by atoms with Gasteiger partial charge in [-0.3, -0.25) is 19.2 Å². The van der Waals surface area contributed by atoms with Crippen LogP contribution in [0.25, 0.3) is 33.4 Å². The van der Waals surface area contributed by atoms with Gasteiger partial charge in [0.15, 0.2) is 17.8 Å². The lowest BCUT2D eigenvalue weighted by atomic mass is 9.78. The maximum atomic E-state index is 14.6. The number of carbonyl (C=O) groups is 5. The number of esters is 1. The molecule has 35 heteroatoms. The number of methoxy groups -OCH3 is 3. The Kier molecular flexibility index (Phi) is 47.1. The van der Waals surface area contributed by atoms with E-state index in [1.165, 1.54) is 18.3 Å². The molecule has 2 saturated heterocycles. The summed E-state index contributed by atoms with van der Waals surface area (Å²) in [6.45, 7) is 25.7. The zero-order chi connectivity index (χ0) is 90.6. The number of oxazole rings is 1. The van der Waals surface area contributed by atoms with Crippen molar-refractivity contribution in [2.24, 2.45) is 40.7 Å². The highest BCUT2D eigenvalue weighted by Crippen LogP contribution is 2.39. The number of Topliss-reactive ketones (excluding diaryl/α,β-unsaturated/α-hetero) is 1. The van der Waals surface area contributed by atoms with Crippen LogP contribution in [0.2, 0.25) is 0 Å². The van der Waals surface area contributed by atoms with Gasteiger partial charge in [0.2, 0.25) is 11.7 Å². The van der Waals surface area contributed by atoms with E-state index in [2.05, 4.69) is 37.7 Å². The predicted molar refractivity (Wildman–Crippen MR) is 469 cm³/mol. The third kappa shape index (κ3) is 34.3. The third-order valence-electron chi connectivity index (χ3n) is 23.1. The fraction of sp³-hybridized carbons (Fsp3) is 0.711. The van der Waals surface area contributed by atoms with E-state index in [0.29, 0.717) is 215 Å². The van der Waals surface area contributed by atoms with Crippen LogP contribution >= 0.6 is 0 Å². The molecule has 4 aliphatic rings. The smallest absolute Gasteiger partial charge is 0.329 e. The molecule has 16 atom stereocenters. The Morgan fingerprint density at radius 3 is 2.04 bits per heavy atom. The second-order valence-corrected chi connectivity index (χ2v) is 32.7. The van der Waals surface area contributed by atoms with E-state index < -0.39 is 96.6 Å². The average Bonchev–Trinajstić information content (AvgIpc) is 1.15. The highest BCUT2D eigenvalue weighted by Gasteiger charge is 2.53. The number of amides is 3. The molecule has 2 bridgehead atoms. The molecular weight excluding hydrogens is 1620 g/mol. The number of nitrogen functional groups attached to an aromatic ring is 2. The van der Waals surface area contributed by atoms with E-state index in [-0.39, 0.29) is 80.7 Å². The molecule has 3 aliphatic heterocycles. The summed E-state index contributed by atoms with van der Waals surface area (Å²) in [5.41, 5.74) is 16.9. The van der Waals surface area contributed by atoms with E-state index >= 15 is 0 Å². The molecule has 0 spiro atoms. The Hall–Kier alpha value is -7.82. The number of ketones is 1. The second kappa shape index (κ2) is 56.5. The van der Waals surface area contributed by atoms with Crippen LogP contribution in [0.1, 0.15) is 159 Å². The molecular formula is C90H143N11O24. The Morgan fingerprint density at radius 1 is 0.712 bits per heavy atom. The van der Waals surface area contributed by atoms with Crippen LogP contribution in [0.5, 0.6) is 0 Å². The van der Waals surface area contributed by atoms with Gasteiger partial charge in [-0.05, 0) is 152 Å². The van der Waals surface area contributed by atoms with Crippen LogP contribution < -0.4 is 22.1 Å². The molecule has 10 N–H and O–H groups in total.